The number of anilines is 1. The van der Waals surface area contributed by atoms with E-state index in [0.717, 1.165) is 20.2 Å². The minimum Gasteiger partial charge on any atom is -0.394 e. The fourth-order valence-electron chi connectivity index (χ4n) is 1.15. The Labute approximate surface area is 106 Å². The van der Waals surface area contributed by atoms with E-state index in [9.17, 15) is 5.11 Å². The molecule has 0 saturated carbocycles. The molecule has 0 spiro atoms. The van der Waals surface area contributed by atoms with Gasteiger partial charge in [0.1, 0.15) is 0 Å². The highest BCUT2D eigenvalue weighted by atomic mass is 79.9. The molecule has 1 rings (SSSR count). The van der Waals surface area contributed by atoms with E-state index < -0.39 is 6.10 Å². The number of benzene rings is 1. The monoisotopic (exact) mass is 337 g/mol. The molecule has 84 valence electrons. The van der Waals surface area contributed by atoms with Gasteiger partial charge in [0.2, 0.25) is 0 Å². The SMILES string of the molecule is Cc1cc(Br)c(NCC(O)CO)c(Br)c1. The highest BCUT2D eigenvalue weighted by Gasteiger charge is 2.08. The van der Waals surface area contributed by atoms with Crippen LogP contribution in [0.4, 0.5) is 5.69 Å². The van der Waals surface area contributed by atoms with Gasteiger partial charge in [0, 0.05) is 15.5 Å². The zero-order valence-electron chi connectivity index (χ0n) is 8.30. The van der Waals surface area contributed by atoms with Crippen LogP contribution in [0.15, 0.2) is 21.1 Å². The molecule has 3 nitrogen and oxygen atoms in total. The summed E-state index contributed by atoms with van der Waals surface area (Å²) >= 11 is 6.87. The molecule has 0 aliphatic carbocycles. The highest BCUT2D eigenvalue weighted by molar-refractivity contribution is 9.11. The number of aliphatic hydroxyl groups is 2. The standard InChI is InChI=1S/C10H13Br2NO2/c1-6-2-8(11)10(9(12)3-6)13-4-7(15)5-14/h2-3,7,13-15H,4-5H2,1H3. The summed E-state index contributed by atoms with van der Waals surface area (Å²) in [5.41, 5.74) is 2.02. The Kier molecular flexibility index (Phi) is 5.05. The van der Waals surface area contributed by atoms with Crippen LogP contribution in [0.25, 0.3) is 0 Å². The van der Waals surface area contributed by atoms with Crippen LogP contribution in [0.2, 0.25) is 0 Å². The van der Waals surface area contributed by atoms with Crippen molar-refractivity contribution in [2.75, 3.05) is 18.5 Å². The van der Waals surface area contributed by atoms with Crippen molar-refractivity contribution in [3.63, 3.8) is 0 Å². The molecule has 15 heavy (non-hydrogen) atoms. The molecule has 1 aromatic rings. The first-order valence-corrected chi connectivity index (χ1v) is 6.11. The first kappa shape index (κ1) is 13.0. The van der Waals surface area contributed by atoms with Gasteiger partial charge in [-0.3, -0.25) is 0 Å². The lowest BCUT2D eigenvalue weighted by molar-refractivity contribution is 0.105. The first-order valence-electron chi connectivity index (χ1n) is 4.53. The smallest absolute Gasteiger partial charge is 0.0942 e. The van der Waals surface area contributed by atoms with Crippen molar-refractivity contribution in [1.82, 2.24) is 0 Å². The van der Waals surface area contributed by atoms with E-state index in [1.165, 1.54) is 0 Å². The second-order valence-corrected chi connectivity index (χ2v) is 5.03. The van der Waals surface area contributed by atoms with Gasteiger partial charge in [-0.25, -0.2) is 0 Å². The van der Waals surface area contributed by atoms with Crippen LogP contribution in [-0.4, -0.2) is 29.5 Å². The summed E-state index contributed by atoms with van der Waals surface area (Å²) in [7, 11) is 0. The van der Waals surface area contributed by atoms with E-state index in [4.69, 9.17) is 5.11 Å². The number of aryl methyl sites for hydroxylation is 1. The lowest BCUT2D eigenvalue weighted by Crippen LogP contribution is -2.23. The highest BCUT2D eigenvalue weighted by Crippen LogP contribution is 2.32. The maximum Gasteiger partial charge on any atom is 0.0942 e. The second kappa shape index (κ2) is 5.84. The average molecular weight is 339 g/mol. The zero-order valence-corrected chi connectivity index (χ0v) is 11.5. The van der Waals surface area contributed by atoms with Crippen molar-refractivity contribution in [2.24, 2.45) is 0 Å². The molecule has 0 saturated heterocycles. The van der Waals surface area contributed by atoms with Crippen LogP contribution in [0.3, 0.4) is 0 Å². The van der Waals surface area contributed by atoms with Crippen molar-refractivity contribution in [2.45, 2.75) is 13.0 Å². The lowest BCUT2D eigenvalue weighted by atomic mass is 10.2. The van der Waals surface area contributed by atoms with Crippen LogP contribution in [-0.2, 0) is 0 Å². The first-order chi connectivity index (χ1) is 7.04. The predicted octanol–water partition coefficient (Wildman–Crippen LogP) is 2.29. The summed E-state index contributed by atoms with van der Waals surface area (Å²) in [5.74, 6) is 0. The molecule has 0 aromatic heterocycles. The van der Waals surface area contributed by atoms with Crippen LogP contribution in [0.1, 0.15) is 5.56 Å². The van der Waals surface area contributed by atoms with Gasteiger partial charge in [-0.1, -0.05) is 0 Å². The van der Waals surface area contributed by atoms with Crippen molar-refractivity contribution in [3.05, 3.63) is 26.6 Å². The molecule has 0 fully saturated rings. The Morgan fingerprint density at radius 2 is 1.87 bits per heavy atom. The van der Waals surface area contributed by atoms with Crippen LogP contribution >= 0.6 is 31.9 Å². The number of hydrogen-bond acceptors (Lipinski definition) is 3. The minimum absolute atomic E-state index is 0.242. The number of aliphatic hydroxyl groups excluding tert-OH is 2. The fourth-order valence-corrected chi connectivity index (χ4v) is 2.85. The van der Waals surface area contributed by atoms with Gasteiger partial charge >= 0.3 is 0 Å². The summed E-state index contributed by atoms with van der Waals surface area (Å²) in [5, 5.41) is 20.9. The van der Waals surface area contributed by atoms with E-state index in [-0.39, 0.29) is 6.61 Å². The predicted molar refractivity (Wildman–Crippen MR) is 68.2 cm³/mol. The molecule has 3 N–H and O–H groups in total. The normalized spacial score (nSPS) is 12.6. The summed E-state index contributed by atoms with van der Waals surface area (Å²) in [6, 6.07) is 3.97. The summed E-state index contributed by atoms with van der Waals surface area (Å²) < 4.78 is 1.86. The summed E-state index contributed by atoms with van der Waals surface area (Å²) in [6.45, 7) is 2.08. The van der Waals surface area contributed by atoms with E-state index in [0.29, 0.717) is 6.54 Å². The van der Waals surface area contributed by atoms with Gasteiger partial charge in [0.25, 0.3) is 0 Å². The fraction of sp³-hybridized carbons (Fsp3) is 0.400. The molecule has 0 heterocycles. The van der Waals surface area contributed by atoms with E-state index in [1.807, 2.05) is 19.1 Å². The van der Waals surface area contributed by atoms with E-state index in [1.54, 1.807) is 0 Å². The van der Waals surface area contributed by atoms with Crippen molar-refractivity contribution in [3.8, 4) is 0 Å². The Hall–Kier alpha value is -0.100. The number of hydrogen-bond donors (Lipinski definition) is 3. The molecule has 0 amide bonds. The van der Waals surface area contributed by atoms with Crippen molar-refractivity contribution < 1.29 is 10.2 Å². The van der Waals surface area contributed by atoms with Gasteiger partial charge < -0.3 is 15.5 Å². The third kappa shape index (κ3) is 3.75. The van der Waals surface area contributed by atoms with E-state index in [2.05, 4.69) is 37.2 Å². The largest absolute Gasteiger partial charge is 0.394 e. The van der Waals surface area contributed by atoms with Crippen LogP contribution in [0.5, 0.6) is 0 Å². The molecule has 1 aromatic carbocycles. The molecule has 0 aliphatic rings. The Morgan fingerprint density at radius 3 is 2.33 bits per heavy atom. The topological polar surface area (TPSA) is 52.5 Å². The molecule has 0 aliphatic heterocycles. The minimum atomic E-state index is -0.745. The maximum absolute atomic E-state index is 9.21. The van der Waals surface area contributed by atoms with Gasteiger partial charge in [-0.15, -0.1) is 0 Å². The Bertz CT molecular complexity index is 321. The van der Waals surface area contributed by atoms with E-state index >= 15 is 0 Å². The number of halogens is 2. The van der Waals surface area contributed by atoms with Gasteiger partial charge in [0.05, 0.1) is 18.4 Å². The van der Waals surface area contributed by atoms with Gasteiger partial charge in [-0.2, -0.15) is 0 Å². The van der Waals surface area contributed by atoms with Gasteiger partial charge in [-0.05, 0) is 56.5 Å². The summed E-state index contributed by atoms with van der Waals surface area (Å²) in [4.78, 5) is 0. The summed E-state index contributed by atoms with van der Waals surface area (Å²) in [6.07, 6.45) is -0.745. The van der Waals surface area contributed by atoms with Gasteiger partial charge in [0.15, 0.2) is 0 Å². The molecule has 1 unspecified atom stereocenters. The van der Waals surface area contributed by atoms with Crippen molar-refractivity contribution >= 4 is 37.5 Å². The zero-order chi connectivity index (χ0) is 11.4. The third-order valence-electron chi connectivity index (χ3n) is 1.91. The van der Waals surface area contributed by atoms with Crippen molar-refractivity contribution in [1.29, 1.82) is 0 Å². The van der Waals surface area contributed by atoms with Crippen LogP contribution in [0, 0.1) is 6.92 Å². The van der Waals surface area contributed by atoms with Crippen LogP contribution < -0.4 is 5.32 Å². The Balaban J connectivity index is 2.77. The third-order valence-corrected chi connectivity index (χ3v) is 3.16. The average Bonchev–Trinajstić information content (AvgIpc) is 2.15. The molecule has 1 atom stereocenters. The molecular formula is C10H13Br2NO2. The quantitative estimate of drug-likeness (QED) is 0.789. The molecule has 0 bridgehead atoms. The number of nitrogens with one attached hydrogen (secondary N) is 1. The molecular weight excluding hydrogens is 326 g/mol. The molecule has 5 heteroatoms. The second-order valence-electron chi connectivity index (χ2n) is 3.32. The lowest BCUT2D eigenvalue weighted by Gasteiger charge is -2.14. The maximum atomic E-state index is 9.21. The Morgan fingerprint density at radius 1 is 1.33 bits per heavy atom. The number of rotatable bonds is 4. The molecule has 0 radical (unpaired) electrons.